The maximum Gasteiger partial charge on any atom is 0.313 e. The van der Waals surface area contributed by atoms with Gasteiger partial charge < -0.3 is 23.7 Å². The fraction of sp³-hybridized carbons (Fsp3) is 0.793. The summed E-state index contributed by atoms with van der Waals surface area (Å²) in [5.74, 6) is -3.22. The molecule has 2 unspecified atom stereocenters. The molecular formula is C58H98O13. The van der Waals surface area contributed by atoms with E-state index in [2.05, 4.69) is 47.6 Å². The first-order chi connectivity index (χ1) is 34.4. The zero-order chi connectivity index (χ0) is 52.4. The zero-order valence-corrected chi connectivity index (χ0v) is 45.1. The Balaban J connectivity index is 4.02. The number of rotatable bonds is 48. The van der Waals surface area contributed by atoms with Crippen LogP contribution in [0.3, 0.4) is 0 Å². The first-order valence-corrected chi connectivity index (χ1v) is 28.2. The molecule has 0 rings (SSSR count). The summed E-state index contributed by atoms with van der Waals surface area (Å²) in [7, 11) is 0. The lowest BCUT2D eigenvalue weighted by atomic mass is 10.1. The second kappa shape index (κ2) is 49.4. The summed E-state index contributed by atoms with van der Waals surface area (Å²) < 4.78 is 25.9. The van der Waals surface area contributed by atoms with Crippen molar-refractivity contribution in [2.24, 2.45) is 0 Å². The van der Waals surface area contributed by atoms with Crippen LogP contribution in [-0.2, 0) is 62.0 Å². The molecule has 408 valence electrons. The largest absolute Gasteiger partial charge is 0.462 e. The Bertz CT molecular complexity index is 1480. The van der Waals surface area contributed by atoms with E-state index < -0.39 is 35.8 Å². The molecule has 0 radical (unpaired) electrons. The van der Waals surface area contributed by atoms with Crippen molar-refractivity contribution in [2.75, 3.05) is 0 Å². The van der Waals surface area contributed by atoms with Crippen molar-refractivity contribution < 1.29 is 62.0 Å². The molecule has 0 aliphatic rings. The van der Waals surface area contributed by atoms with Crippen molar-refractivity contribution in [2.45, 2.75) is 297 Å². The van der Waals surface area contributed by atoms with E-state index in [0.29, 0.717) is 32.1 Å². The number of esters is 8. The highest BCUT2D eigenvalue weighted by Gasteiger charge is 2.15. The molecule has 71 heavy (non-hydrogen) atoms. The molecule has 0 fully saturated rings. The summed E-state index contributed by atoms with van der Waals surface area (Å²) in [6, 6.07) is 0. The molecule has 0 spiro atoms. The van der Waals surface area contributed by atoms with Crippen LogP contribution in [0, 0.1) is 0 Å². The van der Waals surface area contributed by atoms with E-state index in [4.69, 9.17) is 14.2 Å². The van der Waals surface area contributed by atoms with Gasteiger partial charge in [-0.15, -0.1) is 0 Å². The van der Waals surface area contributed by atoms with Gasteiger partial charge in [-0.25, -0.2) is 0 Å². The van der Waals surface area contributed by atoms with Crippen molar-refractivity contribution in [1.82, 2.24) is 0 Å². The summed E-state index contributed by atoms with van der Waals surface area (Å²) in [6.45, 7) is 6.79. The molecule has 0 heterocycles. The first kappa shape index (κ1) is 66.8. The molecular weight excluding hydrogens is 905 g/mol. The van der Waals surface area contributed by atoms with Crippen LogP contribution >= 0.6 is 0 Å². The van der Waals surface area contributed by atoms with Crippen molar-refractivity contribution in [3.8, 4) is 0 Å². The normalized spacial score (nSPS) is 12.2. The number of unbranched alkanes of at least 4 members (excludes halogenated alkanes) is 24. The Morgan fingerprint density at radius 2 is 0.577 bits per heavy atom. The number of ether oxygens (including phenoxy) is 5. The fourth-order valence-electron chi connectivity index (χ4n) is 8.18. The van der Waals surface area contributed by atoms with E-state index in [0.717, 1.165) is 199 Å². The Kier molecular flexibility index (Phi) is 46.5. The zero-order valence-electron chi connectivity index (χ0n) is 45.1. The van der Waals surface area contributed by atoms with Crippen LogP contribution < -0.4 is 0 Å². The van der Waals surface area contributed by atoms with Gasteiger partial charge in [-0.3, -0.25) is 38.4 Å². The number of allylic oxidation sites excluding steroid dienone is 2. The lowest BCUT2D eigenvalue weighted by molar-refractivity contribution is -0.161. The molecule has 0 amide bonds. The predicted molar refractivity (Wildman–Crippen MR) is 279 cm³/mol. The second-order valence-corrected chi connectivity index (χ2v) is 19.3. The molecule has 2 atom stereocenters. The highest BCUT2D eigenvalue weighted by Crippen LogP contribution is 2.18. The summed E-state index contributed by atoms with van der Waals surface area (Å²) >= 11 is 0. The van der Waals surface area contributed by atoms with Crippen LogP contribution in [0.2, 0.25) is 0 Å². The predicted octanol–water partition coefficient (Wildman–Crippen LogP) is 14.8. The molecule has 0 aromatic rings. The number of hydrogen-bond acceptors (Lipinski definition) is 13. The Labute approximate surface area is 429 Å². The van der Waals surface area contributed by atoms with Crippen molar-refractivity contribution in [3.63, 3.8) is 0 Å². The van der Waals surface area contributed by atoms with E-state index in [1.54, 1.807) is 0 Å². The smallest absolute Gasteiger partial charge is 0.313 e. The molecule has 13 nitrogen and oxygen atoms in total. The Morgan fingerprint density at radius 3 is 0.873 bits per heavy atom. The minimum atomic E-state index is -0.572. The summed E-state index contributed by atoms with van der Waals surface area (Å²) in [4.78, 5) is 94.1. The monoisotopic (exact) mass is 1000 g/mol. The number of carbonyl (C=O) groups is 8. The minimum Gasteiger partial charge on any atom is -0.462 e. The van der Waals surface area contributed by atoms with Gasteiger partial charge in [-0.1, -0.05) is 154 Å². The molecule has 0 saturated carbocycles. The summed E-state index contributed by atoms with van der Waals surface area (Å²) in [5, 5.41) is 0. The van der Waals surface area contributed by atoms with E-state index in [1.165, 1.54) is 13.8 Å². The summed E-state index contributed by atoms with van der Waals surface area (Å²) in [6.07, 6.45) is 42.0. The third-order valence-corrected chi connectivity index (χ3v) is 12.3. The van der Waals surface area contributed by atoms with Crippen LogP contribution in [-0.4, -0.2) is 60.0 Å². The molecule has 0 aliphatic heterocycles. The van der Waals surface area contributed by atoms with Gasteiger partial charge in [0, 0.05) is 65.2 Å². The van der Waals surface area contributed by atoms with Crippen molar-refractivity contribution in [1.29, 1.82) is 0 Å². The van der Waals surface area contributed by atoms with Crippen molar-refractivity contribution in [3.05, 3.63) is 24.3 Å². The van der Waals surface area contributed by atoms with E-state index in [1.807, 2.05) is 0 Å². The van der Waals surface area contributed by atoms with Gasteiger partial charge in [0.15, 0.2) is 0 Å². The van der Waals surface area contributed by atoms with Crippen LogP contribution in [0.4, 0.5) is 0 Å². The molecule has 0 bridgehead atoms. The van der Waals surface area contributed by atoms with Crippen LogP contribution in [0.25, 0.3) is 0 Å². The van der Waals surface area contributed by atoms with Crippen LogP contribution in [0.5, 0.6) is 0 Å². The highest BCUT2D eigenvalue weighted by molar-refractivity contribution is 5.85. The maximum atomic E-state index is 12.6. The average molecular weight is 1000 g/mol. The Morgan fingerprint density at radius 1 is 0.310 bits per heavy atom. The fourth-order valence-corrected chi connectivity index (χ4v) is 8.18. The van der Waals surface area contributed by atoms with Crippen molar-refractivity contribution >= 4 is 47.8 Å². The van der Waals surface area contributed by atoms with E-state index >= 15 is 0 Å². The van der Waals surface area contributed by atoms with Gasteiger partial charge in [0.1, 0.15) is 12.2 Å². The molecule has 0 aromatic heterocycles. The summed E-state index contributed by atoms with van der Waals surface area (Å²) in [5.41, 5.74) is 0. The highest BCUT2D eigenvalue weighted by atomic mass is 16.6. The van der Waals surface area contributed by atoms with Crippen LogP contribution in [0.1, 0.15) is 285 Å². The first-order valence-electron chi connectivity index (χ1n) is 28.2. The molecule has 0 saturated heterocycles. The third-order valence-electron chi connectivity index (χ3n) is 12.3. The molecule has 0 aromatic carbocycles. The van der Waals surface area contributed by atoms with Gasteiger partial charge in [0.2, 0.25) is 0 Å². The van der Waals surface area contributed by atoms with Crippen LogP contribution in [0.15, 0.2) is 24.3 Å². The standard InChI is InChI=1S/C58H98O13/c1-5-7-29-39-51(41-31-21-13-9-11-15-23-33-43-53(61)67-49(3)59)70-56(64)46-36-27-19-20-28-38-48-58(66)71-57(65)47-37-24-16-12-10-14-22-32-42-52(40-30-8-6-2)69-55(63)45-35-26-18-17-25-34-44-54(62)68-50(4)60/h21-22,31-32,51-52H,5-20,23-30,33-48H2,1-4H3/b31-21-,32-22-. The average Bonchev–Trinajstić information content (AvgIpc) is 3.31. The number of carbonyl (C=O) groups excluding carboxylic acids is 8. The lowest BCUT2D eigenvalue weighted by Crippen LogP contribution is -2.17. The quantitative estimate of drug-likeness (QED) is 0.0185. The molecule has 13 heteroatoms. The van der Waals surface area contributed by atoms with E-state index in [-0.39, 0.29) is 49.8 Å². The topological polar surface area (TPSA) is 183 Å². The van der Waals surface area contributed by atoms with Gasteiger partial charge in [-0.2, -0.15) is 0 Å². The van der Waals surface area contributed by atoms with E-state index in [9.17, 15) is 38.4 Å². The van der Waals surface area contributed by atoms with Gasteiger partial charge in [0.25, 0.3) is 0 Å². The Hall–Kier alpha value is -4.16. The van der Waals surface area contributed by atoms with Gasteiger partial charge >= 0.3 is 47.8 Å². The second-order valence-electron chi connectivity index (χ2n) is 19.3. The van der Waals surface area contributed by atoms with Gasteiger partial charge in [0.05, 0.1) is 0 Å². The molecule has 0 aliphatic carbocycles. The maximum absolute atomic E-state index is 12.6. The SMILES string of the molecule is CCCCCC(C/C=C\CCCCCCCC(=O)OC(=O)CCCCCCCCC(=O)OC(C/C=C\CCCCCCCC(=O)OC(C)=O)CCCCC)OC(=O)CCCCCCCCC(=O)OC(C)=O. The number of hydrogen-bond donors (Lipinski definition) is 0. The molecule has 0 N–H and O–H groups in total. The minimum absolute atomic E-state index is 0.0929. The van der Waals surface area contributed by atoms with Gasteiger partial charge in [-0.05, 0) is 89.9 Å². The lowest BCUT2D eigenvalue weighted by Gasteiger charge is -2.16. The third kappa shape index (κ3) is 49.2.